The summed E-state index contributed by atoms with van der Waals surface area (Å²) in [4.78, 5) is 4.13. The van der Waals surface area contributed by atoms with Gasteiger partial charge in [-0.05, 0) is 38.0 Å². The molecule has 2 rings (SSSR count). The van der Waals surface area contributed by atoms with Crippen molar-refractivity contribution in [1.82, 2.24) is 14.9 Å². The second-order valence-electron chi connectivity index (χ2n) is 7.21. The monoisotopic (exact) mass is 572 g/mol. The SMILES string of the molecule is CN=C(NCCCOC1CCOCC1)NCC1CCN(S(=O)(=O)C(F)(F)F)CC1.I. The van der Waals surface area contributed by atoms with Crippen LogP contribution in [0, 0.1) is 5.92 Å². The van der Waals surface area contributed by atoms with Gasteiger partial charge in [0.25, 0.3) is 0 Å². The number of hydrogen-bond donors (Lipinski definition) is 2. The third-order valence-electron chi connectivity index (χ3n) is 5.12. The first-order chi connectivity index (χ1) is 13.7. The predicted octanol–water partition coefficient (Wildman–Crippen LogP) is 1.92. The molecular formula is C17H32F3IN4O4S. The van der Waals surface area contributed by atoms with Crippen molar-refractivity contribution in [3.05, 3.63) is 0 Å². The minimum absolute atomic E-state index is 0. The second kappa shape index (κ2) is 13.2. The van der Waals surface area contributed by atoms with Crippen molar-refractivity contribution in [2.75, 3.05) is 53.0 Å². The number of piperidine rings is 1. The van der Waals surface area contributed by atoms with Crippen molar-refractivity contribution in [3.8, 4) is 0 Å². The zero-order valence-corrected chi connectivity index (χ0v) is 20.3. The van der Waals surface area contributed by atoms with Gasteiger partial charge in [-0.15, -0.1) is 24.0 Å². The Kier molecular flexibility index (Phi) is 12.2. The molecule has 0 unspecified atom stereocenters. The van der Waals surface area contributed by atoms with Crippen molar-refractivity contribution in [3.63, 3.8) is 0 Å². The summed E-state index contributed by atoms with van der Waals surface area (Å²) >= 11 is 0. The maximum Gasteiger partial charge on any atom is 0.511 e. The van der Waals surface area contributed by atoms with Gasteiger partial charge in [-0.25, -0.2) is 8.42 Å². The second-order valence-corrected chi connectivity index (χ2v) is 9.14. The van der Waals surface area contributed by atoms with E-state index in [9.17, 15) is 21.6 Å². The van der Waals surface area contributed by atoms with Gasteiger partial charge in [-0.3, -0.25) is 4.99 Å². The fourth-order valence-electron chi connectivity index (χ4n) is 3.33. The lowest BCUT2D eigenvalue weighted by Crippen LogP contribution is -2.47. The maximum absolute atomic E-state index is 12.6. The van der Waals surface area contributed by atoms with Crippen molar-refractivity contribution >= 4 is 40.0 Å². The minimum Gasteiger partial charge on any atom is -0.381 e. The zero-order valence-electron chi connectivity index (χ0n) is 17.1. The van der Waals surface area contributed by atoms with Crippen LogP contribution in [-0.4, -0.2) is 83.3 Å². The minimum atomic E-state index is -5.24. The van der Waals surface area contributed by atoms with E-state index < -0.39 is 15.5 Å². The molecule has 0 radical (unpaired) electrons. The molecule has 2 N–H and O–H groups in total. The van der Waals surface area contributed by atoms with Gasteiger partial charge in [-0.1, -0.05) is 0 Å². The molecule has 0 aliphatic carbocycles. The molecule has 0 aromatic rings. The maximum atomic E-state index is 12.6. The number of guanidine groups is 1. The summed E-state index contributed by atoms with van der Waals surface area (Å²) in [6, 6.07) is 0. The smallest absolute Gasteiger partial charge is 0.381 e. The molecule has 0 bridgehead atoms. The van der Waals surface area contributed by atoms with Crippen LogP contribution in [0.5, 0.6) is 0 Å². The molecule has 0 aromatic carbocycles. The van der Waals surface area contributed by atoms with Gasteiger partial charge in [0.05, 0.1) is 6.10 Å². The first-order valence-corrected chi connectivity index (χ1v) is 11.4. The summed E-state index contributed by atoms with van der Waals surface area (Å²) in [5.41, 5.74) is -5.24. The Hall–Kier alpha value is -0.380. The van der Waals surface area contributed by atoms with E-state index in [2.05, 4.69) is 15.6 Å². The molecule has 2 heterocycles. The molecule has 0 atom stereocenters. The first-order valence-electron chi connectivity index (χ1n) is 9.94. The summed E-state index contributed by atoms with van der Waals surface area (Å²) in [7, 11) is -3.58. The molecule has 178 valence electrons. The molecule has 0 spiro atoms. The van der Waals surface area contributed by atoms with Gasteiger partial charge in [0.2, 0.25) is 0 Å². The molecule has 2 fully saturated rings. The van der Waals surface area contributed by atoms with Crippen LogP contribution in [0.3, 0.4) is 0 Å². The normalized spacial score (nSPS) is 20.6. The van der Waals surface area contributed by atoms with Gasteiger partial charge >= 0.3 is 15.5 Å². The number of ether oxygens (including phenoxy) is 2. The van der Waals surface area contributed by atoms with Crippen LogP contribution in [-0.2, 0) is 19.5 Å². The van der Waals surface area contributed by atoms with E-state index in [1.54, 1.807) is 7.05 Å². The Balaban J connectivity index is 0.00000450. The standard InChI is InChI=1S/C17H31F3N4O4S.HI/c1-21-16(22-7-2-10-28-15-5-11-27-12-6-15)23-13-14-3-8-24(9-4-14)29(25,26)17(18,19)20;/h14-15H,2-13H2,1H3,(H2,21,22,23);1H. The molecule has 0 aromatic heterocycles. The Morgan fingerprint density at radius 3 is 2.37 bits per heavy atom. The molecule has 2 aliphatic rings. The van der Waals surface area contributed by atoms with Crippen LogP contribution < -0.4 is 10.6 Å². The number of rotatable bonds is 8. The zero-order chi connectivity index (χ0) is 21.3. The van der Waals surface area contributed by atoms with E-state index in [1.807, 2.05) is 0 Å². The highest BCUT2D eigenvalue weighted by molar-refractivity contribution is 14.0. The average molecular weight is 572 g/mol. The lowest BCUT2D eigenvalue weighted by molar-refractivity contribution is -0.0496. The molecule has 0 amide bonds. The third-order valence-corrected chi connectivity index (χ3v) is 6.75. The molecular weight excluding hydrogens is 540 g/mol. The number of halogens is 4. The first kappa shape index (κ1) is 27.7. The van der Waals surface area contributed by atoms with Crippen molar-refractivity contribution in [2.24, 2.45) is 10.9 Å². The fraction of sp³-hybridized carbons (Fsp3) is 0.941. The summed E-state index contributed by atoms with van der Waals surface area (Å²) in [5, 5.41) is 6.33. The molecule has 0 saturated carbocycles. The van der Waals surface area contributed by atoms with E-state index >= 15 is 0 Å². The van der Waals surface area contributed by atoms with E-state index in [1.165, 1.54) is 0 Å². The molecule has 30 heavy (non-hydrogen) atoms. The number of nitrogens with zero attached hydrogens (tertiary/aromatic N) is 2. The van der Waals surface area contributed by atoms with Crippen LogP contribution in [0.1, 0.15) is 32.1 Å². The highest BCUT2D eigenvalue weighted by Crippen LogP contribution is 2.30. The Labute approximate surface area is 193 Å². The van der Waals surface area contributed by atoms with E-state index in [0.29, 0.717) is 42.8 Å². The number of aliphatic imine (C=N–C) groups is 1. The summed E-state index contributed by atoms with van der Waals surface area (Å²) in [6.07, 6.45) is 3.70. The molecule has 2 aliphatic heterocycles. The highest BCUT2D eigenvalue weighted by atomic mass is 127. The fourth-order valence-corrected chi connectivity index (χ4v) is 4.32. The van der Waals surface area contributed by atoms with Crippen LogP contribution in [0.4, 0.5) is 13.2 Å². The van der Waals surface area contributed by atoms with E-state index in [4.69, 9.17) is 9.47 Å². The Morgan fingerprint density at radius 1 is 1.17 bits per heavy atom. The van der Waals surface area contributed by atoms with Crippen LogP contribution in [0.15, 0.2) is 4.99 Å². The number of nitrogens with one attached hydrogen (secondary N) is 2. The predicted molar refractivity (Wildman–Crippen MR) is 118 cm³/mol. The number of sulfonamides is 1. The van der Waals surface area contributed by atoms with Crippen molar-refractivity contribution in [2.45, 2.75) is 43.7 Å². The topological polar surface area (TPSA) is 92.3 Å². The van der Waals surface area contributed by atoms with E-state index in [0.717, 1.165) is 32.5 Å². The highest BCUT2D eigenvalue weighted by Gasteiger charge is 2.50. The quantitative estimate of drug-likeness (QED) is 0.200. The largest absolute Gasteiger partial charge is 0.511 e. The lowest BCUT2D eigenvalue weighted by Gasteiger charge is -2.31. The lowest BCUT2D eigenvalue weighted by atomic mass is 9.98. The van der Waals surface area contributed by atoms with Gasteiger partial charge in [-0.2, -0.15) is 17.5 Å². The summed E-state index contributed by atoms with van der Waals surface area (Å²) in [6.45, 7) is 3.12. The summed E-state index contributed by atoms with van der Waals surface area (Å²) < 4.78 is 72.3. The molecule has 13 heteroatoms. The van der Waals surface area contributed by atoms with Crippen LogP contribution >= 0.6 is 24.0 Å². The summed E-state index contributed by atoms with van der Waals surface area (Å²) in [5.74, 6) is 0.700. The van der Waals surface area contributed by atoms with Gasteiger partial charge in [0.1, 0.15) is 0 Å². The van der Waals surface area contributed by atoms with E-state index in [-0.39, 0.29) is 49.1 Å². The molecule has 2 saturated heterocycles. The third kappa shape index (κ3) is 8.63. The van der Waals surface area contributed by atoms with Crippen molar-refractivity contribution in [1.29, 1.82) is 0 Å². The number of alkyl halides is 3. The Bertz CT molecular complexity index is 623. The van der Waals surface area contributed by atoms with Gasteiger partial charge in [0.15, 0.2) is 5.96 Å². The van der Waals surface area contributed by atoms with Gasteiger partial charge < -0.3 is 20.1 Å². The Morgan fingerprint density at radius 2 is 1.80 bits per heavy atom. The molecule has 8 nitrogen and oxygen atoms in total. The van der Waals surface area contributed by atoms with Crippen molar-refractivity contribution < 1.29 is 31.1 Å². The van der Waals surface area contributed by atoms with Crippen LogP contribution in [0.25, 0.3) is 0 Å². The van der Waals surface area contributed by atoms with Crippen LogP contribution in [0.2, 0.25) is 0 Å². The van der Waals surface area contributed by atoms with Gasteiger partial charge in [0, 0.05) is 53.0 Å². The average Bonchev–Trinajstić information content (AvgIpc) is 2.70. The number of hydrogen-bond acceptors (Lipinski definition) is 5.